The van der Waals surface area contributed by atoms with Crippen molar-refractivity contribution in [2.45, 2.75) is 17.1 Å². The molecule has 0 saturated carbocycles. The predicted molar refractivity (Wildman–Crippen MR) is 126 cm³/mol. The number of nitrogens with zero attached hydrogens (tertiary/aromatic N) is 1. The Labute approximate surface area is 211 Å². The first-order valence-corrected chi connectivity index (χ1v) is 11.2. The summed E-state index contributed by atoms with van der Waals surface area (Å²) in [5, 5.41) is 4.12. The van der Waals surface area contributed by atoms with Gasteiger partial charge in [0.05, 0.1) is 32.2 Å². The van der Waals surface area contributed by atoms with Crippen LogP contribution in [0, 0.1) is 0 Å². The van der Waals surface area contributed by atoms with Crippen molar-refractivity contribution in [1.29, 1.82) is 0 Å². The van der Waals surface area contributed by atoms with Gasteiger partial charge in [-0.3, -0.25) is 0 Å². The molecule has 0 unspecified atom stereocenters. The topological polar surface area (TPSA) is 74.2 Å². The van der Waals surface area contributed by atoms with Crippen molar-refractivity contribution >= 4 is 80.5 Å². The first-order chi connectivity index (χ1) is 15.1. The Hall–Kier alpha value is -1.58. The molecule has 2 aromatic rings. The van der Waals surface area contributed by atoms with Gasteiger partial charge in [0.15, 0.2) is 12.3 Å². The van der Waals surface area contributed by atoms with Crippen LogP contribution in [0.2, 0.25) is 20.1 Å². The zero-order chi connectivity index (χ0) is 23.8. The zero-order valence-electron chi connectivity index (χ0n) is 16.2. The monoisotopic (exact) mass is 587 g/mol. The van der Waals surface area contributed by atoms with E-state index in [0.717, 1.165) is 6.21 Å². The highest BCUT2D eigenvalue weighted by atomic mass is 79.9. The quantitative estimate of drug-likeness (QED) is 0.146. The van der Waals surface area contributed by atoms with Gasteiger partial charge >= 0.3 is 11.9 Å². The van der Waals surface area contributed by atoms with Gasteiger partial charge in [-0.15, -0.1) is 0 Å². The normalized spacial score (nSPS) is 14.0. The van der Waals surface area contributed by atoms with Crippen LogP contribution >= 0.6 is 62.3 Å². The average molecular weight is 590 g/mol. The SMILES string of the molecule is CO/N=C\[C@@H](F)[C@H](OC(=O)c1ccc(Cl)cc1Cl)[C@@H](Br)COC(=O)c1ccc(Cl)cc1Cl. The van der Waals surface area contributed by atoms with Crippen LogP contribution in [0.1, 0.15) is 20.7 Å². The summed E-state index contributed by atoms with van der Waals surface area (Å²) in [6.07, 6.45) is -2.57. The second-order valence-electron chi connectivity index (χ2n) is 6.11. The van der Waals surface area contributed by atoms with Crippen LogP contribution in [0.5, 0.6) is 0 Å². The Morgan fingerprint density at radius 2 is 1.56 bits per heavy atom. The van der Waals surface area contributed by atoms with E-state index in [4.69, 9.17) is 55.9 Å². The van der Waals surface area contributed by atoms with Crippen molar-refractivity contribution in [1.82, 2.24) is 0 Å². The van der Waals surface area contributed by atoms with E-state index in [-0.39, 0.29) is 27.8 Å². The minimum atomic E-state index is -1.91. The number of ether oxygens (including phenoxy) is 2. The summed E-state index contributed by atoms with van der Waals surface area (Å²) in [6, 6.07) is 8.35. The smallest absolute Gasteiger partial charge is 0.340 e. The van der Waals surface area contributed by atoms with Crippen LogP contribution in [0.3, 0.4) is 0 Å². The van der Waals surface area contributed by atoms with Crippen LogP contribution < -0.4 is 0 Å². The third-order valence-electron chi connectivity index (χ3n) is 3.90. The van der Waals surface area contributed by atoms with Gasteiger partial charge in [0.2, 0.25) is 0 Å². The van der Waals surface area contributed by atoms with Crippen molar-refractivity contribution in [2.75, 3.05) is 13.7 Å². The molecule has 0 saturated heterocycles. The Morgan fingerprint density at radius 1 is 1.03 bits per heavy atom. The summed E-state index contributed by atoms with van der Waals surface area (Å²) >= 11 is 26.8. The van der Waals surface area contributed by atoms with E-state index in [1.54, 1.807) is 0 Å². The Kier molecular flexibility index (Phi) is 10.5. The van der Waals surface area contributed by atoms with Crippen molar-refractivity contribution in [2.24, 2.45) is 5.16 Å². The maximum absolute atomic E-state index is 14.7. The fraction of sp³-hybridized carbons (Fsp3) is 0.250. The maximum atomic E-state index is 14.7. The minimum Gasteiger partial charge on any atom is -0.461 e. The summed E-state index contributed by atoms with van der Waals surface area (Å²) in [4.78, 5) is 28.4. The lowest BCUT2D eigenvalue weighted by Crippen LogP contribution is -2.40. The Morgan fingerprint density at radius 3 is 2.06 bits per heavy atom. The van der Waals surface area contributed by atoms with E-state index >= 15 is 0 Å². The largest absolute Gasteiger partial charge is 0.461 e. The molecule has 0 N–H and O–H groups in total. The molecule has 0 aliphatic heterocycles. The highest BCUT2D eigenvalue weighted by Crippen LogP contribution is 2.25. The number of carbonyl (C=O) groups excluding carboxylic acids is 2. The van der Waals surface area contributed by atoms with Crippen LogP contribution in [-0.2, 0) is 14.3 Å². The van der Waals surface area contributed by atoms with Gasteiger partial charge in [0, 0.05) is 10.0 Å². The molecule has 0 amide bonds. The van der Waals surface area contributed by atoms with Gasteiger partial charge in [-0.25, -0.2) is 14.0 Å². The first-order valence-electron chi connectivity index (χ1n) is 8.77. The van der Waals surface area contributed by atoms with Gasteiger partial charge < -0.3 is 14.3 Å². The highest BCUT2D eigenvalue weighted by molar-refractivity contribution is 9.09. The van der Waals surface area contributed by atoms with E-state index in [0.29, 0.717) is 10.0 Å². The number of alkyl halides is 2. The van der Waals surface area contributed by atoms with Gasteiger partial charge in [-0.2, -0.15) is 0 Å². The number of benzene rings is 2. The molecule has 32 heavy (non-hydrogen) atoms. The van der Waals surface area contributed by atoms with Crippen LogP contribution in [0.4, 0.5) is 4.39 Å². The lowest BCUT2D eigenvalue weighted by atomic mass is 10.1. The van der Waals surface area contributed by atoms with E-state index in [1.807, 2.05) is 0 Å². The van der Waals surface area contributed by atoms with Gasteiger partial charge in [-0.1, -0.05) is 67.5 Å². The molecule has 12 heteroatoms. The molecule has 6 nitrogen and oxygen atoms in total. The van der Waals surface area contributed by atoms with Gasteiger partial charge in [0.1, 0.15) is 13.7 Å². The molecule has 0 spiro atoms. The molecule has 0 radical (unpaired) electrons. The molecule has 0 bridgehead atoms. The van der Waals surface area contributed by atoms with E-state index < -0.39 is 29.0 Å². The molecule has 0 heterocycles. The van der Waals surface area contributed by atoms with Crippen LogP contribution in [-0.4, -0.2) is 49.0 Å². The summed E-state index contributed by atoms with van der Waals surface area (Å²) in [6.45, 7) is -0.370. The van der Waals surface area contributed by atoms with Crippen molar-refractivity contribution in [3.63, 3.8) is 0 Å². The third-order valence-corrected chi connectivity index (χ3v) is 5.78. The van der Waals surface area contributed by atoms with Gasteiger partial charge in [0.25, 0.3) is 0 Å². The van der Waals surface area contributed by atoms with Crippen molar-refractivity contribution in [3.8, 4) is 0 Å². The maximum Gasteiger partial charge on any atom is 0.340 e. The Balaban J connectivity index is 2.15. The average Bonchev–Trinajstić information content (AvgIpc) is 2.73. The molecule has 0 aliphatic rings. The summed E-state index contributed by atoms with van der Waals surface area (Å²) < 4.78 is 25.2. The Bertz CT molecular complexity index is 1010. The molecular weight excluding hydrogens is 575 g/mol. The first kappa shape index (κ1) is 26.7. The van der Waals surface area contributed by atoms with Gasteiger partial charge in [-0.05, 0) is 36.4 Å². The molecular formula is C20H15BrCl4FNO5. The molecule has 3 atom stereocenters. The number of rotatable bonds is 9. The fourth-order valence-corrected chi connectivity index (χ4v) is 3.87. The second kappa shape index (κ2) is 12.6. The summed E-state index contributed by atoms with van der Waals surface area (Å²) in [7, 11) is 1.22. The van der Waals surface area contributed by atoms with E-state index in [2.05, 4.69) is 25.9 Å². The number of esters is 2. The number of carbonyl (C=O) groups is 2. The van der Waals surface area contributed by atoms with Crippen LogP contribution in [0.15, 0.2) is 41.6 Å². The lowest BCUT2D eigenvalue weighted by molar-refractivity contribution is 0.00848. The summed E-state index contributed by atoms with van der Waals surface area (Å²) in [5.74, 6) is -1.69. The zero-order valence-corrected chi connectivity index (χ0v) is 20.8. The van der Waals surface area contributed by atoms with Crippen LogP contribution in [0.25, 0.3) is 0 Å². The minimum absolute atomic E-state index is 0.0251. The van der Waals surface area contributed by atoms with Crippen molar-refractivity contribution < 1.29 is 28.3 Å². The highest BCUT2D eigenvalue weighted by Gasteiger charge is 2.33. The molecule has 0 fully saturated rings. The molecule has 172 valence electrons. The molecule has 2 rings (SSSR count). The summed E-state index contributed by atoms with van der Waals surface area (Å²) in [5.41, 5.74) is 0.0385. The number of halogens is 6. The standard InChI is InChI=1S/C20H15BrCl4FNO5/c1-30-27-8-17(26)18(32-20(29)13-5-3-11(23)7-16(13)25)14(21)9-31-19(28)12-4-2-10(22)6-15(12)24/h2-8,14,17-18H,9H2,1H3/b27-8-/t14-,17+,18+/m0/s1. The lowest BCUT2D eigenvalue weighted by Gasteiger charge is -2.24. The van der Waals surface area contributed by atoms with E-state index in [1.165, 1.54) is 43.5 Å². The predicted octanol–water partition coefficient (Wildman–Crippen LogP) is 6.42. The number of hydrogen-bond donors (Lipinski definition) is 0. The van der Waals surface area contributed by atoms with E-state index in [9.17, 15) is 14.0 Å². The van der Waals surface area contributed by atoms with Crippen molar-refractivity contribution in [3.05, 3.63) is 67.6 Å². The number of hydrogen-bond acceptors (Lipinski definition) is 6. The second-order valence-corrected chi connectivity index (χ2v) is 8.98. The molecule has 0 aromatic heterocycles. The third kappa shape index (κ3) is 7.49. The number of oxime groups is 1. The molecule has 0 aliphatic carbocycles. The molecule has 2 aromatic carbocycles. The fourth-order valence-electron chi connectivity index (χ4n) is 2.37.